The summed E-state index contributed by atoms with van der Waals surface area (Å²) in [6, 6.07) is 13.3. The third kappa shape index (κ3) is 3.01. The van der Waals surface area contributed by atoms with Gasteiger partial charge in [0.05, 0.1) is 6.61 Å². The zero-order valence-electron chi connectivity index (χ0n) is 11.9. The minimum atomic E-state index is -0.683. The van der Waals surface area contributed by atoms with Crippen molar-refractivity contribution >= 4 is 0 Å². The van der Waals surface area contributed by atoms with Crippen molar-refractivity contribution in [3.8, 4) is 11.5 Å². The molecule has 0 amide bonds. The molecule has 110 valence electrons. The fourth-order valence-corrected chi connectivity index (χ4v) is 2.39. The van der Waals surface area contributed by atoms with E-state index in [2.05, 4.69) is 0 Å². The van der Waals surface area contributed by atoms with Crippen molar-refractivity contribution in [1.29, 1.82) is 0 Å². The highest BCUT2D eigenvalue weighted by atomic mass is 16.6. The fourth-order valence-electron chi connectivity index (χ4n) is 2.39. The largest absolute Gasteiger partial charge is 0.486 e. The van der Waals surface area contributed by atoms with E-state index in [0.29, 0.717) is 25.6 Å². The number of hydrogen-bond donors (Lipinski definition) is 1. The maximum atomic E-state index is 10.5. The van der Waals surface area contributed by atoms with E-state index < -0.39 is 6.10 Å². The Morgan fingerprint density at radius 3 is 2.38 bits per heavy atom. The standard InChI is InChI=1S/C17H18O4/c1-19-11-12-2-4-13(5-3-12)17(18)14-6-7-15-16(10-14)21-9-8-20-15/h2-7,10,17-18H,8-9,11H2,1H3. The summed E-state index contributed by atoms with van der Waals surface area (Å²) in [6.07, 6.45) is -0.683. The van der Waals surface area contributed by atoms with Gasteiger partial charge in [0.1, 0.15) is 19.3 Å². The van der Waals surface area contributed by atoms with E-state index in [1.807, 2.05) is 42.5 Å². The summed E-state index contributed by atoms with van der Waals surface area (Å²) < 4.78 is 16.1. The van der Waals surface area contributed by atoms with Gasteiger partial charge in [-0.1, -0.05) is 30.3 Å². The number of ether oxygens (including phenoxy) is 3. The molecule has 0 fully saturated rings. The van der Waals surface area contributed by atoms with Crippen LogP contribution >= 0.6 is 0 Å². The summed E-state index contributed by atoms with van der Waals surface area (Å²) >= 11 is 0. The predicted molar refractivity (Wildman–Crippen MR) is 78.6 cm³/mol. The van der Waals surface area contributed by atoms with Crippen LogP contribution < -0.4 is 9.47 Å². The second kappa shape index (κ2) is 6.16. The van der Waals surface area contributed by atoms with Gasteiger partial charge in [0, 0.05) is 7.11 Å². The van der Waals surface area contributed by atoms with Gasteiger partial charge in [0.25, 0.3) is 0 Å². The van der Waals surface area contributed by atoms with Gasteiger partial charge >= 0.3 is 0 Å². The molecular formula is C17H18O4. The quantitative estimate of drug-likeness (QED) is 0.938. The molecule has 0 radical (unpaired) electrons. The van der Waals surface area contributed by atoms with Crippen LogP contribution in [-0.4, -0.2) is 25.4 Å². The number of benzene rings is 2. The SMILES string of the molecule is COCc1ccc(C(O)c2ccc3c(c2)OCCO3)cc1. The number of methoxy groups -OCH3 is 1. The van der Waals surface area contributed by atoms with Gasteiger partial charge in [-0.2, -0.15) is 0 Å². The lowest BCUT2D eigenvalue weighted by molar-refractivity contribution is 0.169. The van der Waals surface area contributed by atoms with Crippen LogP contribution in [0.1, 0.15) is 22.8 Å². The van der Waals surface area contributed by atoms with Crippen LogP contribution in [0, 0.1) is 0 Å². The van der Waals surface area contributed by atoms with Crippen LogP contribution in [0.5, 0.6) is 11.5 Å². The van der Waals surface area contributed by atoms with Gasteiger partial charge in [-0.05, 0) is 28.8 Å². The van der Waals surface area contributed by atoms with E-state index >= 15 is 0 Å². The Hall–Kier alpha value is -2.04. The Morgan fingerprint density at radius 2 is 1.67 bits per heavy atom. The average molecular weight is 286 g/mol. The molecular weight excluding hydrogens is 268 g/mol. The van der Waals surface area contributed by atoms with E-state index in [1.54, 1.807) is 7.11 Å². The monoisotopic (exact) mass is 286 g/mol. The molecule has 0 spiro atoms. The topological polar surface area (TPSA) is 47.9 Å². The lowest BCUT2D eigenvalue weighted by atomic mass is 10.00. The van der Waals surface area contributed by atoms with Gasteiger partial charge in [0.15, 0.2) is 11.5 Å². The Balaban J connectivity index is 1.82. The second-order valence-corrected chi connectivity index (χ2v) is 4.98. The van der Waals surface area contributed by atoms with Crippen molar-refractivity contribution in [1.82, 2.24) is 0 Å². The van der Waals surface area contributed by atoms with Crippen LogP contribution in [-0.2, 0) is 11.3 Å². The first-order valence-corrected chi connectivity index (χ1v) is 6.93. The molecule has 2 aromatic rings. The first kappa shape index (κ1) is 13.9. The number of aliphatic hydroxyl groups is 1. The van der Waals surface area contributed by atoms with E-state index in [1.165, 1.54) is 0 Å². The minimum Gasteiger partial charge on any atom is -0.486 e. The Labute approximate surface area is 123 Å². The number of aliphatic hydroxyl groups excluding tert-OH is 1. The average Bonchev–Trinajstić information content (AvgIpc) is 2.55. The molecule has 0 aliphatic carbocycles. The van der Waals surface area contributed by atoms with E-state index in [9.17, 15) is 5.11 Å². The number of fused-ring (bicyclic) bond motifs is 1. The molecule has 1 aliphatic heterocycles. The predicted octanol–water partition coefficient (Wildman–Crippen LogP) is 2.69. The molecule has 4 nitrogen and oxygen atoms in total. The first-order valence-electron chi connectivity index (χ1n) is 6.93. The molecule has 2 aromatic carbocycles. The highest BCUT2D eigenvalue weighted by molar-refractivity contribution is 5.46. The van der Waals surface area contributed by atoms with Crippen LogP contribution in [0.4, 0.5) is 0 Å². The summed E-state index contributed by atoms with van der Waals surface area (Å²) in [4.78, 5) is 0. The molecule has 1 N–H and O–H groups in total. The van der Waals surface area contributed by atoms with Gasteiger partial charge < -0.3 is 19.3 Å². The van der Waals surface area contributed by atoms with Crippen molar-refractivity contribution in [2.45, 2.75) is 12.7 Å². The van der Waals surface area contributed by atoms with E-state index in [0.717, 1.165) is 22.4 Å². The third-order valence-electron chi connectivity index (χ3n) is 3.49. The highest BCUT2D eigenvalue weighted by Crippen LogP contribution is 2.34. The number of hydrogen-bond acceptors (Lipinski definition) is 4. The lowest BCUT2D eigenvalue weighted by Crippen LogP contribution is -2.15. The van der Waals surface area contributed by atoms with Gasteiger partial charge in [0.2, 0.25) is 0 Å². The Morgan fingerprint density at radius 1 is 1.00 bits per heavy atom. The smallest absolute Gasteiger partial charge is 0.161 e. The molecule has 3 rings (SSSR count). The maximum absolute atomic E-state index is 10.5. The molecule has 0 bridgehead atoms. The first-order chi connectivity index (χ1) is 10.3. The van der Waals surface area contributed by atoms with E-state index in [-0.39, 0.29) is 0 Å². The molecule has 21 heavy (non-hydrogen) atoms. The van der Waals surface area contributed by atoms with Gasteiger partial charge in [-0.3, -0.25) is 0 Å². The molecule has 0 aromatic heterocycles. The molecule has 4 heteroatoms. The molecule has 0 saturated carbocycles. The second-order valence-electron chi connectivity index (χ2n) is 4.98. The maximum Gasteiger partial charge on any atom is 0.161 e. The fraction of sp³-hybridized carbons (Fsp3) is 0.294. The zero-order valence-corrected chi connectivity index (χ0v) is 11.9. The van der Waals surface area contributed by atoms with Gasteiger partial charge in [-0.25, -0.2) is 0 Å². The van der Waals surface area contributed by atoms with Crippen molar-refractivity contribution in [3.63, 3.8) is 0 Å². The third-order valence-corrected chi connectivity index (χ3v) is 3.49. The van der Waals surface area contributed by atoms with Crippen molar-refractivity contribution in [3.05, 3.63) is 59.2 Å². The zero-order chi connectivity index (χ0) is 14.7. The lowest BCUT2D eigenvalue weighted by Gasteiger charge is -2.20. The van der Waals surface area contributed by atoms with Crippen molar-refractivity contribution < 1.29 is 19.3 Å². The summed E-state index contributed by atoms with van der Waals surface area (Å²) in [5.74, 6) is 1.42. The summed E-state index contributed by atoms with van der Waals surface area (Å²) in [7, 11) is 1.66. The van der Waals surface area contributed by atoms with Gasteiger partial charge in [-0.15, -0.1) is 0 Å². The summed E-state index contributed by atoms with van der Waals surface area (Å²) in [5, 5.41) is 10.5. The number of rotatable bonds is 4. The van der Waals surface area contributed by atoms with E-state index in [4.69, 9.17) is 14.2 Å². The van der Waals surface area contributed by atoms with Crippen LogP contribution in [0.3, 0.4) is 0 Å². The molecule has 1 heterocycles. The highest BCUT2D eigenvalue weighted by Gasteiger charge is 2.16. The Bertz CT molecular complexity index is 607. The van der Waals surface area contributed by atoms with Crippen molar-refractivity contribution in [2.24, 2.45) is 0 Å². The van der Waals surface area contributed by atoms with Crippen LogP contribution in [0.2, 0.25) is 0 Å². The normalized spacial score (nSPS) is 14.8. The van der Waals surface area contributed by atoms with Crippen molar-refractivity contribution in [2.75, 3.05) is 20.3 Å². The minimum absolute atomic E-state index is 0.540. The van der Waals surface area contributed by atoms with Crippen LogP contribution in [0.15, 0.2) is 42.5 Å². The molecule has 0 saturated heterocycles. The molecule has 1 aliphatic rings. The summed E-state index contributed by atoms with van der Waals surface area (Å²) in [5.41, 5.74) is 2.71. The van der Waals surface area contributed by atoms with Crippen LogP contribution in [0.25, 0.3) is 0 Å². The summed E-state index contributed by atoms with van der Waals surface area (Å²) in [6.45, 7) is 1.68. The molecule has 1 unspecified atom stereocenters. The Kier molecular flexibility index (Phi) is 4.08. The molecule has 1 atom stereocenters.